The van der Waals surface area contributed by atoms with Crippen LogP contribution in [-0.4, -0.2) is 12.6 Å². The Kier molecular flexibility index (Phi) is 3.87. The van der Waals surface area contributed by atoms with E-state index < -0.39 is 0 Å². The molecule has 21 heavy (non-hydrogen) atoms. The van der Waals surface area contributed by atoms with Crippen LogP contribution in [0.15, 0.2) is 60.7 Å². The van der Waals surface area contributed by atoms with Crippen molar-refractivity contribution >= 4 is 17.1 Å². The molecule has 0 fully saturated rings. The number of esters is 1. The number of carbonyl (C=O) groups excluding carboxylic acids is 1. The average molecular weight is 278 g/mol. The highest BCUT2D eigenvalue weighted by Gasteiger charge is 2.39. The molecule has 0 aliphatic heterocycles. The smallest absolute Gasteiger partial charge is 0.306 e. The van der Waals surface area contributed by atoms with Crippen molar-refractivity contribution in [1.82, 2.24) is 0 Å². The van der Waals surface area contributed by atoms with Crippen molar-refractivity contribution in [3.63, 3.8) is 0 Å². The number of allylic oxidation sites excluding steroid dienone is 2. The maximum Gasteiger partial charge on any atom is 0.306 e. The monoisotopic (exact) mass is 278 g/mol. The fourth-order valence-electron chi connectivity index (χ4n) is 2.81. The molecule has 1 aliphatic carbocycles. The highest BCUT2D eigenvalue weighted by Crippen LogP contribution is 2.54. The van der Waals surface area contributed by atoms with Crippen LogP contribution in [0.3, 0.4) is 0 Å². The zero-order valence-corrected chi connectivity index (χ0v) is 12.1. The van der Waals surface area contributed by atoms with E-state index in [1.165, 1.54) is 22.3 Å². The Morgan fingerprint density at radius 1 is 0.905 bits per heavy atom. The highest BCUT2D eigenvalue weighted by atomic mass is 16.5. The summed E-state index contributed by atoms with van der Waals surface area (Å²) in [6.45, 7) is 2.28. The standard InChI is InChI=1S/C19H18O2/c1-2-21-17(20)13-16-18(14-9-5-3-6-10-14)19(16)15-11-7-4-8-12-15/h3-12,16H,2,13H2,1H3. The lowest BCUT2D eigenvalue weighted by Gasteiger charge is -2.03. The van der Waals surface area contributed by atoms with Gasteiger partial charge < -0.3 is 4.74 Å². The quantitative estimate of drug-likeness (QED) is 0.767. The van der Waals surface area contributed by atoms with E-state index in [1.54, 1.807) is 0 Å². The average Bonchev–Trinajstić information content (AvgIpc) is 3.23. The van der Waals surface area contributed by atoms with Gasteiger partial charge in [0.25, 0.3) is 0 Å². The van der Waals surface area contributed by atoms with Gasteiger partial charge in [-0.3, -0.25) is 4.79 Å². The van der Waals surface area contributed by atoms with Gasteiger partial charge in [0, 0.05) is 5.92 Å². The van der Waals surface area contributed by atoms with E-state index in [9.17, 15) is 4.79 Å². The van der Waals surface area contributed by atoms with Crippen LogP contribution in [-0.2, 0) is 9.53 Å². The van der Waals surface area contributed by atoms with E-state index in [-0.39, 0.29) is 11.9 Å². The van der Waals surface area contributed by atoms with Gasteiger partial charge in [0.05, 0.1) is 13.0 Å². The lowest BCUT2D eigenvalue weighted by atomic mass is 10.1. The molecule has 0 bridgehead atoms. The molecule has 2 aromatic rings. The Morgan fingerprint density at radius 2 is 1.38 bits per heavy atom. The van der Waals surface area contributed by atoms with Gasteiger partial charge in [0.1, 0.15) is 0 Å². The van der Waals surface area contributed by atoms with Gasteiger partial charge >= 0.3 is 5.97 Å². The zero-order chi connectivity index (χ0) is 14.7. The molecule has 2 nitrogen and oxygen atoms in total. The second kappa shape index (κ2) is 5.96. The number of rotatable bonds is 5. The normalized spacial score (nSPS) is 14.1. The minimum atomic E-state index is -0.123. The topological polar surface area (TPSA) is 26.3 Å². The van der Waals surface area contributed by atoms with E-state index in [1.807, 2.05) is 43.3 Å². The summed E-state index contributed by atoms with van der Waals surface area (Å²) < 4.78 is 5.10. The van der Waals surface area contributed by atoms with Crippen LogP contribution < -0.4 is 0 Å². The molecule has 0 saturated heterocycles. The summed E-state index contributed by atoms with van der Waals surface area (Å²) in [7, 11) is 0. The fourth-order valence-corrected chi connectivity index (χ4v) is 2.81. The molecule has 0 spiro atoms. The van der Waals surface area contributed by atoms with Crippen molar-refractivity contribution in [2.75, 3.05) is 6.61 Å². The largest absolute Gasteiger partial charge is 0.466 e. The zero-order valence-electron chi connectivity index (χ0n) is 12.1. The van der Waals surface area contributed by atoms with Gasteiger partial charge in [0.15, 0.2) is 0 Å². The Morgan fingerprint density at radius 3 is 1.81 bits per heavy atom. The Balaban J connectivity index is 1.88. The van der Waals surface area contributed by atoms with Gasteiger partial charge in [0.2, 0.25) is 0 Å². The molecule has 0 heterocycles. The molecule has 0 N–H and O–H groups in total. The minimum Gasteiger partial charge on any atom is -0.466 e. The van der Waals surface area contributed by atoms with Gasteiger partial charge in [-0.2, -0.15) is 0 Å². The van der Waals surface area contributed by atoms with Gasteiger partial charge in [-0.1, -0.05) is 60.7 Å². The van der Waals surface area contributed by atoms with Crippen molar-refractivity contribution in [3.05, 3.63) is 71.8 Å². The number of hydrogen-bond acceptors (Lipinski definition) is 2. The van der Waals surface area contributed by atoms with Crippen LogP contribution in [0.5, 0.6) is 0 Å². The van der Waals surface area contributed by atoms with Crippen molar-refractivity contribution in [2.45, 2.75) is 13.3 Å². The molecule has 106 valence electrons. The van der Waals surface area contributed by atoms with E-state index in [0.29, 0.717) is 13.0 Å². The van der Waals surface area contributed by atoms with Gasteiger partial charge in [-0.05, 0) is 29.2 Å². The van der Waals surface area contributed by atoms with Crippen LogP contribution in [0.4, 0.5) is 0 Å². The third-order valence-corrected chi connectivity index (χ3v) is 3.75. The number of ether oxygens (including phenoxy) is 1. The number of hydrogen-bond donors (Lipinski definition) is 0. The summed E-state index contributed by atoms with van der Waals surface area (Å²) in [5, 5.41) is 0. The summed E-state index contributed by atoms with van der Waals surface area (Å²) >= 11 is 0. The Bertz CT molecular complexity index is 607. The Hall–Kier alpha value is -2.35. The van der Waals surface area contributed by atoms with Crippen molar-refractivity contribution in [1.29, 1.82) is 0 Å². The maximum atomic E-state index is 11.8. The fraction of sp³-hybridized carbons (Fsp3) is 0.211. The molecule has 0 aromatic heterocycles. The van der Waals surface area contributed by atoms with E-state index in [2.05, 4.69) is 24.3 Å². The molecule has 0 radical (unpaired) electrons. The van der Waals surface area contributed by atoms with Crippen LogP contribution in [0.25, 0.3) is 11.1 Å². The first-order chi connectivity index (χ1) is 10.3. The Labute approximate surface area is 125 Å². The van der Waals surface area contributed by atoms with Gasteiger partial charge in [-0.15, -0.1) is 0 Å². The van der Waals surface area contributed by atoms with Crippen molar-refractivity contribution in [2.24, 2.45) is 5.92 Å². The summed E-state index contributed by atoms with van der Waals surface area (Å²) in [5.74, 6) is 0.0655. The van der Waals surface area contributed by atoms with Gasteiger partial charge in [-0.25, -0.2) is 0 Å². The van der Waals surface area contributed by atoms with Crippen LogP contribution in [0.1, 0.15) is 24.5 Å². The number of benzene rings is 2. The minimum absolute atomic E-state index is 0.123. The summed E-state index contributed by atoms with van der Waals surface area (Å²) in [4.78, 5) is 11.8. The van der Waals surface area contributed by atoms with Crippen LogP contribution in [0.2, 0.25) is 0 Å². The lowest BCUT2D eigenvalue weighted by Crippen LogP contribution is -2.06. The first kappa shape index (κ1) is 13.6. The van der Waals surface area contributed by atoms with Crippen LogP contribution in [0, 0.1) is 5.92 Å². The third-order valence-electron chi connectivity index (χ3n) is 3.75. The van der Waals surface area contributed by atoms with E-state index in [0.717, 1.165) is 0 Å². The van der Waals surface area contributed by atoms with E-state index >= 15 is 0 Å². The predicted molar refractivity (Wildman–Crippen MR) is 84.4 cm³/mol. The molecule has 2 aromatic carbocycles. The summed E-state index contributed by atoms with van der Waals surface area (Å²) in [6.07, 6.45) is 0.433. The SMILES string of the molecule is CCOC(=O)CC1C(c2ccccc2)=C1c1ccccc1. The van der Waals surface area contributed by atoms with E-state index in [4.69, 9.17) is 4.74 Å². The van der Waals surface area contributed by atoms with Crippen molar-refractivity contribution in [3.8, 4) is 0 Å². The first-order valence-corrected chi connectivity index (χ1v) is 7.31. The molecular formula is C19H18O2. The molecule has 3 rings (SSSR count). The predicted octanol–water partition coefficient (Wildman–Crippen LogP) is 4.18. The van der Waals surface area contributed by atoms with Crippen molar-refractivity contribution < 1.29 is 9.53 Å². The van der Waals surface area contributed by atoms with Crippen LogP contribution >= 0.6 is 0 Å². The number of carbonyl (C=O) groups is 1. The molecule has 0 saturated carbocycles. The second-order valence-corrected chi connectivity index (χ2v) is 5.12. The first-order valence-electron chi connectivity index (χ1n) is 7.31. The summed E-state index contributed by atoms with van der Waals surface area (Å²) in [6, 6.07) is 20.6. The third kappa shape index (κ3) is 2.89. The molecule has 2 heteroatoms. The molecule has 0 unspecified atom stereocenters. The molecule has 1 aliphatic rings. The molecule has 0 amide bonds. The maximum absolute atomic E-state index is 11.8. The highest BCUT2D eigenvalue weighted by molar-refractivity contribution is 6.12. The molecule has 0 atom stereocenters. The lowest BCUT2D eigenvalue weighted by molar-refractivity contribution is -0.143. The second-order valence-electron chi connectivity index (χ2n) is 5.12. The molecular weight excluding hydrogens is 260 g/mol. The summed E-state index contributed by atoms with van der Waals surface area (Å²) in [5.41, 5.74) is 4.95.